The molecule has 2 aliphatic heterocycles. The zero-order chi connectivity index (χ0) is 19.1. The molecule has 6 nitrogen and oxygen atoms in total. The average molecular weight is 359 g/mol. The number of piperazine rings is 1. The van der Waals surface area contributed by atoms with Gasteiger partial charge < -0.3 is 14.5 Å². The molecule has 1 aromatic rings. The Labute approximate surface area is 156 Å². The zero-order valence-corrected chi connectivity index (χ0v) is 16.0. The predicted octanol–water partition coefficient (Wildman–Crippen LogP) is 2.74. The lowest BCUT2D eigenvalue weighted by Crippen LogP contribution is -2.50. The van der Waals surface area contributed by atoms with Gasteiger partial charge >= 0.3 is 6.09 Å². The third kappa shape index (κ3) is 4.43. The highest BCUT2D eigenvalue weighted by molar-refractivity contribution is 5.96. The largest absolute Gasteiger partial charge is 0.445 e. The van der Waals surface area contributed by atoms with Gasteiger partial charge in [-0.05, 0) is 24.2 Å². The first-order chi connectivity index (χ1) is 12.6. The fourth-order valence-corrected chi connectivity index (χ4v) is 3.27. The van der Waals surface area contributed by atoms with Crippen LogP contribution in [0.2, 0.25) is 0 Å². The Balaban J connectivity index is 0.00000117. The van der Waals surface area contributed by atoms with E-state index in [1.165, 1.54) is 5.56 Å². The number of hydrogen-bond acceptors (Lipinski definition) is 4. The number of hydrogen-bond donors (Lipinski definition) is 0. The van der Waals surface area contributed by atoms with Crippen LogP contribution in [-0.4, -0.2) is 66.5 Å². The van der Waals surface area contributed by atoms with Crippen molar-refractivity contribution in [2.75, 3.05) is 39.8 Å². The minimum atomic E-state index is -0.343. The summed E-state index contributed by atoms with van der Waals surface area (Å²) in [7, 11) is 2.06. The fraction of sp³-hybridized carbons (Fsp3) is 0.500. The maximum Gasteiger partial charge on any atom is 0.410 e. The summed E-state index contributed by atoms with van der Waals surface area (Å²) in [6.07, 6.45) is 1.20. The number of carbonyl (C=O) groups is 2. The molecule has 0 radical (unpaired) electrons. The highest BCUT2D eigenvalue weighted by Crippen LogP contribution is 2.26. The predicted molar refractivity (Wildman–Crippen MR) is 102 cm³/mol. The van der Waals surface area contributed by atoms with Gasteiger partial charge in [0.25, 0.3) is 5.91 Å². The van der Waals surface area contributed by atoms with E-state index in [0.29, 0.717) is 26.2 Å². The molecule has 142 valence electrons. The zero-order valence-electron chi connectivity index (χ0n) is 16.0. The van der Waals surface area contributed by atoms with Crippen molar-refractivity contribution in [2.45, 2.75) is 26.9 Å². The lowest BCUT2D eigenvalue weighted by molar-refractivity contribution is 0.0579. The van der Waals surface area contributed by atoms with Crippen LogP contribution in [0.5, 0.6) is 0 Å². The van der Waals surface area contributed by atoms with Gasteiger partial charge in [0.1, 0.15) is 6.61 Å². The molecule has 1 fully saturated rings. The summed E-state index contributed by atoms with van der Waals surface area (Å²) in [4.78, 5) is 30.4. The second-order valence-corrected chi connectivity index (χ2v) is 6.26. The monoisotopic (exact) mass is 359 g/mol. The first-order valence-corrected chi connectivity index (χ1v) is 9.21. The molecular weight excluding hydrogens is 330 g/mol. The van der Waals surface area contributed by atoms with E-state index >= 15 is 0 Å². The number of rotatable bonds is 3. The highest BCUT2D eigenvalue weighted by atomic mass is 16.6. The van der Waals surface area contributed by atoms with Gasteiger partial charge in [-0.25, -0.2) is 4.79 Å². The second-order valence-electron chi connectivity index (χ2n) is 6.26. The Bertz CT molecular complexity index is 652. The van der Waals surface area contributed by atoms with Crippen molar-refractivity contribution in [3.8, 4) is 0 Å². The fourth-order valence-electron chi connectivity index (χ4n) is 3.27. The molecule has 1 aromatic carbocycles. The summed E-state index contributed by atoms with van der Waals surface area (Å²) in [5.74, 6) is 0.0567. The smallest absolute Gasteiger partial charge is 0.410 e. The molecule has 0 aliphatic carbocycles. The van der Waals surface area contributed by atoms with Crippen LogP contribution in [0.25, 0.3) is 0 Å². The van der Waals surface area contributed by atoms with Gasteiger partial charge in [-0.2, -0.15) is 0 Å². The Morgan fingerprint density at radius 3 is 2.42 bits per heavy atom. The van der Waals surface area contributed by atoms with E-state index in [-0.39, 0.29) is 18.6 Å². The number of nitrogens with zero attached hydrogens (tertiary/aromatic N) is 3. The van der Waals surface area contributed by atoms with Crippen molar-refractivity contribution < 1.29 is 14.3 Å². The first kappa shape index (κ1) is 20.0. The van der Waals surface area contributed by atoms with E-state index in [0.717, 1.165) is 24.2 Å². The van der Waals surface area contributed by atoms with Gasteiger partial charge in [-0.3, -0.25) is 9.69 Å². The molecule has 0 atom stereocenters. The first-order valence-electron chi connectivity index (χ1n) is 9.21. The third-order valence-corrected chi connectivity index (χ3v) is 4.52. The van der Waals surface area contributed by atoms with E-state index in [4.69, 9.17) is 4.74 Å². The van der Waals surface area contributed by atoms with Crippen LogP contribution in [0.15, 0.2) is 30.9 Å². The quantitative estimate of drug-likeness (QED) is 0.779. The summed E-state index contributed by atoms with van der Waals surface area (Å²) in [6.45, 7) is 11.5. The van der Waals surface area contributed by atoms with Crippen molar-refractivity contribution in [2.24, 2.45) is 0 Å². The molecule has 6 heteroatoms. The highest BCUT2D eigenvalue weighted by Gasteiger charge is 2.28. The van der Waals surface area contributed by atoms with Gasteiger partial charge in [0.15, 0.2) is 0 Å². The number of amides is 2. The van der Waals surface area contributed by atoms with E-state index in [2.05, 4.69) is 24.6 Å². The summed E-state index contributed by atoms with van der Waals surface area (Å²) >= 11 is 0. The molecule has 0 unspecified atom stereocenters. The normalized spacial score (nSPS) is 16.4. The molecule has 2 heterocycles. The molecule has 26 heavy (non-hydrogen) atoms. The summed E-state index contributed by atoms with van der Waals surface area (Å²) in [6, 6.07) is 5.95. The third-order valence-electron chi connectivity index (χ3n) is 4.52. The minimum Gasteiger partial charge on any atom is -0.445 e. The van der Waals surface area contributed by atoms with Gasteiger partial charge in [0, 0.05) is 44.8 Å². The van der Waals surface area contributed by atoms with Gasteiger partial charge in [0.2, 0.25) is 0 Å². The summed E-state index contributed by atoms with van der Waals surface area (Å²) in [5, 5.41) is 0. The Morgan fingerprint density at radius 1 is 1.12 bits per heavy atom. The van der Waals surface area contributed by atoms with Crippen LogP contribution in [-0.2, 0) is 17.8 Å². The molecule has 0 spiro atoms. The maximum absolute atomic E-state index is 12.9. The standard InChI is InChI=1S/C18H23N3O3.C2H6/c1-3-11-24-18(23)21-9-7-20(8-10-21)17(22)15-6-4-5-14-12-19(2)13-16(14)15;1-2/h3-6H,1,7-13H2,2H3;1-2H3. The van der Waals surface area contributed by atoms with Crippen molar-refractivity contribution >= 4 is 12.0 Å². The van der Waals surface area contributed by atoms with Gasteiger partial charge in [0.05, 0.1) is 0 Å². The number of benzene rings is 1. The maximum atomic E-state index is 12.9. The van der Waals surface area contributed by atoms with E-state index < -0.39 is 0 Å². The van der Waals surface area contributed by atoms with E-state index in [9.17, 15) is 9.59 Å². The molecule has 0 bridgehead atoms. The SMILES string of the molecule is C=CCOC(=O)N1CCN(C(=O)c2cccc3c2CN(C)C3)CC1.CC. The van der Waals surface area contributed by atoms with Crippen LogP contribution < -0.4 is 0 Å². The van der Waals surface area contributed by atoms with E-state index in [1.807, 2.05) is 30.9 Å². The molecule has 1 saturated heterocycles. The molecular formula is C20H29N3O3. The molecule has 0 aromatic heterocycles. The van der Waals surface area contributed by atoms with Crippen LogP contribution >= 0.6 is 0 Å². The molecule has 2 amide bonds. The molecule has 0 N–H and O–H groups in total. The Morgan fingerprint density at radius 2 is 1.77 bits per heavy atom. The van der Waals surface area contributed by atoms with Gasteiger partial charge in [-0.15, -0.1) is 0 Å². The number of carbonyl (C=O) groups excluding carboxylic acids is 2. The van der Waals surface area contributed by atoms with Crippen LogP contribution in [0.3, 0.4) is 0 Å². The number of fused-ring (bicyclic) bond motifs is 1. The lowest BCUT2D eigenvalue weighted by Gasteiger charge is -2.34. The summed E-state index contributed by atoms with van der Waals surface area (Å²) in [5.41, 5.74) is 3.16. The van der Waals surface area contributed by atoms with Crippen LogP contribution in [0.1, 0.15) is 35.3 Å². The number of ether oxygens (including phenoxy) is 1. The lowest BCUT2D eigenvalue weighted by atomic mass is 10.0. The Kier molecular flexibility index (Phi) is 7.21. The van der Waals surface area contributed by atoms with Crippen molar-refractivity contribution in [3.63, 3.8) is 0 Å². The average Bonchev–Trinajstić information content (AvgIpc) is 3.07. The summed E-state index contributed by atoms with van der Waals surface area (Å²) < 4.78 is 5.04. The van der Waals surface area contributed by atoms with Crippen LogP contribution in [0.4, 0.5) is 4.79 Å². The van der Waals surface area contributed by atoms with Gasteiger partial charge in [-0.1, -0.05) is 38.6 Å². The second kappa shape index (κ2) is 9.38. The molecule has 3 rings (SSSR count). The molecule has 2 aliphatic rings. The van der Waals surface area contributed by atoms with Crippen LogP contribution in [0, 0.1) is 0 Å². The molecule has 0 saturated carbocycles. The van der Waals surface area contributed by atoms with Crippen molar-refractivity contribution in [1.29, 1.82) is 0 Å². The van der Waals surface area contributed by atoms with Crippen molar-refractivity contribution in [3.05, 3.63) is 47.5 Å². The van der Waals surface area contributed by atoms with E-state index in [1.54, 1.807) is 11.0 Å². The minimum absolute atomic E-state index is 0.0567. The van der Waals surface area contributed by atoms with Crippen molar-refractivity contribution in [1.82, 2.24) is 14.7 Å². The topological polar surface area (TPSA) is 53.1 Å². The Hall–Kier alpha value is -2.34.